The molecule has 0 radical (unpaired) electrons. The summed E-state index contributed by atoms with van der Waals surface area (Å²) in [7, 11) is 0. The third kappa shape index (κ3) is 3.70. The number of imidazole rings is 1. The minimum atomic E-state index is -0.408. The molecule has 3 rings (SSSR count). The molecular formula is C17H20FN3O2. The quantitative estimate of drug-likeness (QED) is 0.922. The Labute approximate surface area is 134 Å². The van der Waals surface area contributed by atoms with Gasteiger partial charge in [-0.25, -0.2) is 9.37 Å². The number of benzene rings is 1. The number of carbonyl (C=O) groups excluding carboxylic acids is 1. The first-order chi connectivity index (χ1) is 11.1. The zero-order valence-corrected chi connectivity index (χ0v) is 13.1. The molecule has 1 saturated heterocycles. The summed E-state index contributed by atoms with van der Waals surface area (Å²) in [5.74, 6) is 1.02. The van der Waals surface area contributed by atoms with E-state index >= 15 is 0 Å². The molecule has 2 aromatic rings. The zero-order chi connectivity index (χ0) is 16.2. The molecule has 1 aliphatic heterocycles. The van der Waals surface area contributed by atoms with Crippen molar-refractivity contribution in [2.75, 3.05) is 19.7 Å². The molecule has 1 atom stereocenters. The number of nitrogens with zero attached hydrogens (tertiary/aromatic N) is 2. The van der Waals surface area contributed by atoms with Gasteiger partial charge < -0.3 is 14.6 Å². The number of aromatic amines is 1. The Bertz CT molecular complexity index is 686. The standard InChI is InChI=1S/C17H20FN3O2/c1-12-10-19-17(20-12)13-6-8-21(11-13)16(22)7-9-23-15-5-3-2-4-14(15)18/h2-5,10,13H,6-9,11H2,1H3,(H,19,20). The van der Waals surface area contributed by atoms with Crippen molar-refractivity contribution in [1.82, 2.24) is 14.9 Å². The summed E-state index contributed by atoms with van der Waals surface area (Å²) >= 11 is 0. The third-order valence-corrected chi connectivity index (χ3v) is 4.06. The van der Waals surface area contributed by atoms with Crippen LogP contribution in [0.2, 0.25) is 0 Å². The summed E-state index contributed by atoms with van der Waals surface area (Å²) in [6.45, 7) is 3.55. The number of ether oxygens (including phenoxy) is 1. The predicted octanol–water partition coefficient (Wildman–Crippen LogP) is 2.64. The van der Waals surface area contributed by atoms with Gasteiger partial charge in [0.2, 0.25) is 5.91 Å². The highest BCUT2D eigenvalue weighted by Gasteiger charge is 2.28. The van der Waals surface area contributed by atoms with Crippen molar-refractivity contribution in [3.63, 3.8) is 0 Å². The minimum Gasteiger partial charge on any atom is -0.490 e. The summed E-state index contributed by atoms with van der Waals surface area (Å²) < 4.78 is 18.8. The lowest BCUT2D eigenvalue weighted by molar-refractivity contribution is -0.130. The van der Waals surface area contributed by atoms with E-state index in [1.54, 1.807) is 18.2 Å². The Hall–Kier alpha value is -2.37. The van der Waals surface area contributed by atoms with Crippen molar-refractivity contribution in [3.05, 3.63) is 47.8 Å². The van der Waals surface area contributed by atoms with Crippen molar-refractivity contribution in [2.45, 2.75) is 25.7 Å². The van der Waals surface area contributed by atoms with E-state index in [0.717, 1.165) is 24.5 Å². The van der Waals surface area contributed by atoms with E-state index in [1.807, 2.05) is 18.0 Å². The molecule has 2 heterocycles. The Balaban J connectivity index is 1.47. The normalized spacial score (nSPS) is 17.5. The lowest BCUT2D eigenvalue weighted by Crippen LogP contribution is -2.29. The number of aromatic nitrogens is 2. The number of hydrogen-bond acceptors (Lipinski definition) is 3. The number of likely N-dealkylation sites (tertiary alicyclic amines) is 1. The average molecular weight is 317 g/mol. The number of aryl methyl sites for hydroxylation is 1. The summed E-state index contributed by atoms with van der Waals surface area (Å²) in [6, 6.07) is 6.21. The summed E-state index contributed by atoms with van der Waals surface area (Å²) in [5.41, 5.74) is 1.03. The molecule has 1 aromatic carbocycles. The second kappa shape index (κ2) is 6.81. The number of amides is 1. The summed E-state index contributed by atoms with van der Waals surface area (Å²) in [4.78, 5) is 21.6. The molecule has 1 amide bonds. The van der Waals surface area contributed by atoms with Crippen LogP contribution in [0.3, 0.4) is 0 Å². The van der Waals surface area contributed by atoms with Crippen LogP contribution in [-0.4, -0.2) is 40.5 Å². The Morgan fingerprint density at radius 2 is 2.30 bits per heavy atom. The molecule has 0 bridgehead atoms. The van der Waals surface area contributed by atoms with Crippen molar-refractivity contribution in [1.29, 1.82) is 0 Å². The molecule has 1 N–H and O–H groups in total. The summed E-state index contributed by atoms with van der Waals surface area (Å²) in [5, 5.41) is 0. The molecule has 122 valence electrons. The van der Waals surface area contributed by atoms with Gasteiger partial charge in [-0.1, -0.05) is 12.1 Å². The zero-order valence-electron chi connectivity index (χ0n) is 13.1. The fourth-order valence-corrected chi connectivity index (χ4v) is 2.82. The van der Waals surface area contributed by atoms with Gasteiger partial charge in [0, 0.05) is 30.9 Å². The lowest BCUT2D eigenvalue weighted by Gasteiger charge is -2.16. The highest BCUT2D eigenvalue weighted by molar-refractivity contribution is 5.76. The number of H-pyrrole nitrogens is 1. The number of rotatable bonds is 5. The summed E-state index contributed by atoms with van der Waals surface area (Å²) in [6.07, 6.45) is 2.97. The Morgan fingerprint density at radius 1 is 1.48 bits per heavy atom. The van der Waals surface area contributed by atoms with Crippen molar-refractivity contribution >= 4 is 5.91 Å². The fraction of sp³-hybridized carbons (Fsp3) is 0.412. The van der Waals surface area contributed by atoms with Crippen molar-refractivity contribution in [2.24, 2.45) is 0 Å². The van der Waals surface area contributed by atoms with Gasteiger partial charge in [-0.3, -0.25) is 4.79 Å². The molecule has 1 aliphatic rings. The average Bonchev–Trinajstić information content (AvgIpc) is 3.18. The molecule has 6 heteroatoms. The van der Waals surface area contributed by atoms with E-state index in [9.17, 15) is 9.18 Å². The first-order valence-corrected chi connectivity index (χ1v) is 7.80. The molecule has 1 fully saturated rings. The first-order valence-electron chi connectivity index (χ1n) is 7.80. The van der Waals surface area contributed by atoms with Crippen LogP contribution in [0.5, 0.6) is 5.75 Å². The maximum atomic E-state index is 13.4. The number of halogens is 1. The third-order valence-electron chi connectivity index (χ3n) is 4.06. The number of nitrogens with one attached hydrogen (secondary N) is 1. The Morgan fingerprint density at radius 3 is 3.04 bits per heavy atom. The van der Waals surface area contributed by atoms with E-state index < -0.39 is 5.82 Å². The minimum absolute atomic E-state index is 0.0344. The number of para-hydroxylation sites is 1. The topological polar surface area (TPSA) is 58.2 Å². The van der Waals surface area contributed by atoms with Crippen LogP contribution in [0.4, 0.5) is 4.39 Å². The molecule has 0 saturated carbocycles. The van der Waals surface area contributed by atoms with Gasteiger partial charge in [0.05, 0.1) is 13.0 Å². The van der Waals surface area contributed by atoms with Crippen LogP contribution in [0, 0.1) is 12.7 Å². The van der Waals surface area contributed by atoms with Crippen LogP contribution in [0.15, 0.2) is 30.5 Å². The van der Waals surface area contributed by atoms with Gasteiger partial charge in [0.15, 0.2) is 11.6 Å². The van der Waals surface area contributed by atoms with E-state index in [-0.39, 0.29) is 30.6 Å². The molecule has 1 aromatic heterocycles. The first kappa shape index (κ1) is 15.5. The van der Waals surface area contributed by atoms with Crippen molar-refractivity contribution in [3.8, 4) is 5.75 Å². The van der Waals surface area contributed by atoms with Crippen LogP contribution in [-0.2, 0) is 4.79 Å². The number of hydrogen-bond donors (Lipinski definition) is 1. The van der Waals surface area contributed by atoms with Gasteiger partial charge >= 0.3 is 0 Å². The maximum absolute atomic E-state index is 13.4. The molecular weight excluding hydrogens is 297 g/mol. The van der Waals surface area contributed by atoms with Gasteiger partial charge in [-0.2, -0.15) is 0 Å². The molecule has 5 nitrogen and oxygen atoms in total. The second-order valence-electron chi connectivity index (χ2n) is 5.81. The monoisotopic (exact) mass is 317 g/mol. The highest BCUT2D eigenvalue weighted by Crippen LogP contribution is 2.25. The largest absolute Gasteiger partial charge is 0.490 e. The maximum Gasteiger partial charge on any atom is 0.226 e. The van der Waals surface area contributed by atoms with Crippen LogP contribution in [0.1, 0.15) is 30.3 Å². The smallest absolute Gasteiger partial charge is 0.226 e. The Kier molecular flexibility index (Phi) is 4.60. The molecule has 0 aliphatic carbocycles. The van der Waals surface area contributed by atoms with Crippen LogP contribution < -0.4 is 4.74 Å². The molecule has 0 spiro atoms. The van der Waals surface area contributed by atoms with Gasteiger partial charge in [-0.15, -0.1) is 0 Å². The van der Waals surface area contributed by atoms with E-state index in [1.165, 1.54) is 6.07 Å². The van der Waals surface area contributed by atoms with E-state index in [0.29, 0.717) is 6.54 Å². The predicted molar refractivity (Wildman–Crippen MR) is 83.8 cm³/mol. The van der Waals surface area contributed by atoms with Gasteiger partial charge in [0.25, 0.3) is 0 Å². The van der Waals surface area contributed by atoms with Crippen LogP contribution >= 0.6 is 0 Å². The molecule has 1 unspecified atom stereocenters. The van der Waals surface area contributed by atoms with E-state index in [4.69, 9.17) is 4.74 Å². The molecule has 23 heavy (non-hydrogen) atoms. The highest BCUT2D eigenvalue weighted by atomic mass is 19.1. The van der Waals surface area contributed by atoms with Crippen molar-refractivity contribution < 1.29 is 13.9 Å². The second-order valence-corrected chi connectivity index (χ2v) is 5.81. The number of carbonyl (C=O) groups is 1. The SMILES string of the molecule is Cc1cnc(C2CCN(C(=O)CCOc3ccccc3F)C2)[nH]1. The van der Waals surface area contributed by atoms with E-state index in [2.05, 4.69) is 9.97 Å². The lowest BCUT2D eigenvalue weighted by atomic mass is 10.1. The fourth-order valence-electron chi connectivity index (χ4n) is 2.82. The van der Waals surface area contributed by atoms with Gasteiger partial charge in [0.1, 0.15) is 5.82 Å². The van der Waals surface area contributed by atoms with Crippen LogP contribution in [0.25, 0.3) is 0 Å². The van der Waals surface area contributed by atoms with Gasteiger partial charge in [-0.05, 0) is 25.5 Å².